The summed E-state index contributed by atoms with van der Waals surface area (Å²) >= 11 is 0. The molecule has 0 aromatic heterocycles. The third-order valence-electron chi connectivity index (χ3n) is 2.78. The summed E-state index contributed by atoms with van der Waals surface area (Å²) in [4.78, 5) is 0. The molecule has 3 N–H and O–H groups in total. The van der Waals surface area contributed by atoms with E-state index in [2.05, 4.69) is 57.3 Å². The molecule has 0 saturated heterocycles. The molecule has 90 valence electrons. The number of benzene rings is 1. The highest BCUT2D eigenvalue weighted by atomic mass is 15.0. The predicted octanol–water partition coefficient (Wildman–Crippen LogP) is 2.81. The van der Waals surface area contributed by atoms with E-state index in [0.717, 1.165) is 0 Å². The van der Waals surface area contributed by atoms with Crippen LogP contribution in [0.1, 0.15) is 50.8 Å². The molecule has 1 rings (SSSR count). The maximum Gasteiger partial charge on any atom is 0.0446 e. The number of hydrogen-bond acceptors (Lipinski definition) is 2. The SMILES string of the molecule is CC(C)NC(CN)c1ccc(C(C)C)cc1. The fourth-order valence-electron chi connectivity index (χ4n) is 1.82. The van der Waals surface area contributed by atoms with Crippen molar-refractivity contribution in [2.45, 2.75) is 45.7 Å². The topological polar surface area (TPSA) is 38.0 Å². The minimum absolute atomic E-state index is 0.265. The Morgan fingerprint density at radius 1 is 1.00 bits per heavy atom. The second kappa shape index (κ2) is 6.02. The summed E-state index contributed by atoms with van der Waals surface area (Å²) in [6.07, 6.45) is 0. The van der Waals surface area contributed by atoms with Crippen molar-refractivity contribution in [3.05, 3.63) is 35.4 Å². The van der Waals surface area contributed by atoms with Crippen LogP contribution in [-0.4, -0.2) is 12.6 Å². The second-order valence-electron chi connectivity index (χ2n) is 4.93. The summed E-state index contributed by atoms with van der Waals surface area (Å²) in [6.45, 7) is 9.35. The van der Waals surface area contributed by atoms with Crippen molar-refractivity contribution in [2.75, 3.05) is 6.54 Å². The first kappa shape index (κ1) is 13.2. The van der Waals surface area contributed by atoms with Gasteiger partial charge in [0.15, 0.2) is 0 Å². The normalized spacial score (nSPS) is 13.4. The van der Waals surface area contributed by atoms with Gasteiger partial charge >= 0.3 is 0 Å². The van der Waals surface area contributed by atoms with E-state index >= 15 is 0 Å². The third kappa shape index (κ3) is 3.62. The molecule has 1 unspecified atom stereocenters. The second-order valence-corrected chi connectivity index (χ2v) is 4.93. The van der Waals surface area contributed by atoms with Crippen molar-refractivity contribution >= 4 is 0 Å². The number of hydrogen-bond donors (Lipinski definition) is 2. The van der Waals surface area contributed by atoms with Gasteiger partial charge in [0.25, 0.3) is 0 Å². The Hall–Kier alpha value is -0.860. The van der Waals surface area contributed by atoms with E-state index in [0.29, 0.717) is 18.5 Å². The van der Waals surface area contributed by atoms with Crippen molar-refractivity contribution in [3.8, 4) is 0 Å². The van der Waals surface area contributed by atoms with E-state index in [1.165, 1.54) is 11.1 Å². The molecule has 16 heavy (non-hydrogen) atoms. The Bertz CT molecular complexity index is 301. The van der Waals surface area contributed by atoms with Gasteiger partial charge in [-0.1, -0.05) is 52.0 Å². The van der Waals surface area contributed by atoms with Crippen LogP contribution in [0.2, 0.25) is 0 Å². The molecule has 0 heterocycles. The molecule has 2 heteroatoms. The summed E-state index contributed by atoms with van der Waals surface area (Å²) in [5.74, 6) is 0.587. The van der Waals surface area contributed by atoms with Gasteiger partial charge < -0.3 is 11.1 Å². The predicted molar refractivity (Wildman–Crippen MR) is 70.6 cm³/mol. The van der Waals surface area contributed by atoms with E-state index in [4.69, 9.17) is 5.73 Å². The average Bonchev–Trinajstić information content (AvgIpc) is 2.25. The van der Waals surface area contributed by atoms with Gasteiger partial charge in [0.2, 0.25) is 0 Å². The standard InChI is InChI=1S/C14H24N2/c1-10(2)12-5-7-13(8-6-12)14(9-15)16-11(3)4/h5-8,10-11,14,16H,9,15H2,1-4H3. The van der Waals surface area contributed by atoms with Gasteiger partial charge in [-0.25, -0.2) is 0 Å². The average molecular weight is 220 g/mol. The zero-order valence-electron chi connectivity index (χ0n) is 10.8. The molecular weight excluding hydrogens is 196 g/mol. The molecule has 0 saturated carbocycles. The largest absolute Gasteiger partial charge is 0.329 e. The number of rotatable bonds is 5. The van der Waals surface area contributed by atoms with Gasteiger partial charge in [-0.3, -0.25) is 0 Å². The Kier molecular flexibility index (Phi) is 4.97. The van der Waals surface area contributed by atoms with Crippen molar-refractivity contribution in [1.29, 1.82) is 0 Å². The zero-order chi connectivity index (χ0) is 12.1. The molecule has 0 spiro atoms. The van der Waals surface area contributed by atoms with Crippen LogP contribution in [0.25, 0.3) is 0 Å². The van der Waals surface area contributed by atoms with Gasteiger partial charge in [0.1, 0.15) is 0 Å². The van der Waals surface area contributed by atoms with Crippen LogP contribution in [0.5, 0.6) is 0 Å². The number of nitrogens with two attached hydrogens (primary N) is 1. The van der Waals surface area contributed by atoms with Crippen molar-refractivity contribution in [2.24, 2.45) is 5.73 Å². The summed E-state index contributed by atoms with van der Waals surface area (Å²) in [6, 6.07) is 9.49. The van der Waals surface area contributed by atoms with E-state index in [1.807, 2.05) is 0 Å². The Labute approximate surface area is 99.2 Å². The van der Waals surface area contributed by atoms with E-state index < -0.39 is 0 Å². The molecule has 0 aliphatic carbocycles. The highest BCUT2D eigenvalue weighted by Gasteiger charge is 2.10. The first-order valence-electron chi connectivity index (χ1n) is 6.10. The van der Waals surface area contributed by atoms with E-state index in [1.54, 1.807) is 0 Å². The van der Waals surface area contributed by atoms with Gasteiger partial charge in [-0.2, -0.15) is 0 Å². The summed E-state index contributed by atoms with van der Waals surface area (Å²) in [7, 11) is 0. The molecule has 0 radical (unpaired) electrons. The molecule has 0 amide bonds. The van der Waals surface area contributed by atoms with Crippen LogP contribution in [0.4, 0.5) is 0 Å². The van der Waals surface area contributed by atoms with Crippen LogP contribution < -0.4 is 11.1 Å². The van der Waals surface area contributed by atoms with Crippen LogP contribution in [-0.2, 0) is 0 Å². The monoisotopic (exact) mass is 220 g/mol. The molecule has 0 bridgehead atoms. The highest BCUT2D eigenvalue weighted by molar-refractivity contribution is 5.27. The molecule has 1 atom stereocenters. The van der Waals surface area contributed by atoms with Gasteiger partial charge in [-0.05, 0) is 17.0 Å². The molecule has 1 aromatic carbocycles. The van der Waals surface area contributed by atoms with Crippen LogP contribution in [0.3, 0.4) is 0 Å². The lowest BCUT2D eigenvalue weighted by atomic mass is 9.99. The molecule has 0 fully saturated rings. The maximum atomic E-state index is 5.79. The number of nitrogens with one attached hydrogen (secondary N) is 1. The minimum atomic E-state index is 0.265. The van der Waals surface area contributed by atoms with Gasteiger partial charge in [0.05, 0.1) is 0 Å². The summed E-state index contributed by atoms with van der Waals surface area (Å²) in [5, 5.41) is 3.47. The summed E-state index contributed by atoms with van der Waals surface area (Å²) < 4.78 is 0. The fourth-order valence-corrected chi connectivity index (χ4v) is 1.82. The van der Waals surface area contributed by atoms with Crippen LogP contribution in [0.15, 0.2) is 24.3 Å². The first-order valence-corrected chi connectivity index (χ1v) is 6.10. The molecule has 1 aromatic rings. The fraction of sp³-hybridized carbons (Fsp3) is 0.571. The lowest BCUT2D eigenvalue weighted by molar-refractivity contribution is 0.483. The van der Waals surface area contributed by atoms with Crippen molar-refractivity contribution in [3.63, 3.8) is 0 Å². The summed E-state index contributed by atoms with van der Waals surface area (Å²) in [5.41, 5.74) is 8.45. The van der Waals surface area contributed by atoms with Gasteiger partial charge in [-0.15, -0.1) is 0 Å². The lowest BCUT2D eigenvalue weighted by Crippen LogP contribution is -2.33. The van der Waals surface area contributed by atoms with Crippen molar-refractivity contribution < 1.29 is 0 Å². The van der Waals surface area contributed by atoms with Crippen LogP contribution in [0, 0.1) is 0 Å². The molecular formula is C14H24N2. The van der Waals surface area contributed by atoms with Gasteiger partial charge in [0, 0.05) is 18.6 Å². The molecule has 0 aliphatic heterocycles. The van der Waals surface area contributed by atoms with Crippen molar-refractivity contribution in [1.82, 2.24) is 5.32 Å². The third-order valence-corrected chi connectivity index (χ3v) is 2.78. The first-order chi connectivity index (χ1) is 7.54. The van der Waals surface area contributed by atoms with Crippen LogP contribution >= 0.6 is 0 Å². The molecule has 2 nitrogen and oxygen atoms in total. The minimum Gasteiger partial charge on any atom is -0.329 e. The quantitative estimate of drug-likeness (QED) is 0.801. The Morgan fingerprint density at radius 3 is 1.88 bits per heavy atom. The smallest absolute Gasteiger partial charge is 0.0446 e. The zero-order valence-corrected chi connectivity index (χ0v) is 10.8. The maximum absolute atomic E-state index is 5.79. The highest BCUT2D eigenvalue weighted by Crippen LogP contribution is 2.18. The lowest BCUT2D eigenvalue weighted by Gasteiger charge is -2.20. The van der Waals surface area contributed by atoms with E-state index in [9.17, 15) is 0 Å². The molecule has 0 aliphatic rings. The Morgan fingerprint density at radius 2 is 1.50 bits per heavy atom. The Balaban J connectivity index is 2.78. The van der Waals surface area contributed by atoms with E-state index in [-0.39, 0.29) is 6.04 Å².